The molecule has 0 bridgehead atoms. The molecule has 0 amide bonds. The second-order valence-electron chi connectivity index (χ2n) is 4.10. The maximum absolute atomic E-state index is 5.85. The highest BCUT2D eigenvalue weighted by molar-refractivity contribution is 7.14. The Morgan fingerprint density at radius 2 is 2.12 bits per heavy atom. The summed E-state index contributed by atoms with van der Waals surface area (Å²) in [6.07, 6.45) is 0. The van der Waals surface area contributed by atoms with Crippen LogP contribution in [0.25, 0.3) is 11.3 Å². The molecule has 0 aliphatic rings. The standard InChI is InChI=1S/C13H14ClNOS/c1-8(2)10-6-9(4-5-12(10)16-3)11-7-17-13(14)15-11/h4-8H,1-3H3. The molecule has 2 rings (SSSR count). The molecule has 0 aliphatic carbocycles. The predicted octanol–water partition coefficient (Wildman–Crippen LogP) is 4.60. The number of halogens is 1. The van der Waals surface area contributed by atoms with Gasteiger partial charge in [-0.1, -0.05) is 25.4 Å². The van der Waals surface area contributed by atoms with E-state index in [2.05, 4.69) is 24.9 Å². The van der Waals surface area contributed by atoms with Crippen molar-refractivity contribution in [1.82, 2.24) is 4.98 Å². The first-order valence-corrected chi connectivity index (χ1v) is 6.67. The lowest BCUT2D eigenvalue weighted by atomic mass is 9.99. The quantitative estimate of drug-likeness (QED) is 0.811. The summed E-state index contributed by atoms with van der Waals surface area (Å²) in [5, 5.41) is 1.97. The highest BCUT2D eigenvalue weighted by atomic mass is 35.5. The van der Waals surface area contributed by atoms with Gasteiger partial charge in [-0.05, 0) is 29.7 Å². The number of rotatable bonds is 3. The van der Waals surface area contributed by atoms with Crippen LogP contribution in [-0.2, 0) is 0 Å². The van der Waals surface area contributed by atoms with Crippen molar-refractivity contribution < 1.29 is 4.74 Å². The third kappa shape index (κ3) is 2.61. The molecule has 0 atom stereocenters. The Morgan fingerprint density at radius 1 is 1.35 bits per heavy atom. The maximum Gasteiger partial charge on any atom is 0.184 e. The molecule has 0 spiro atoms. The lowest BCUT2D eigenvalue weighted by molar-refractivity contribution is 0.407. The molecule has 1 aromatic carbocycles. The van der Waals surface area contributed by atoms with Crippen LogP contribution in [-0.4, -0.2) is 12.1 Å². The average molecular weight is 268 g/mol. The largest absolute Gasteiger partial charge is 0.496 e. The summed E-state index contributed by atoms with van der Waals surface area (Å²) in [5.41, 5.74) is 3.19. The summed E-state index contributed by atoms with van der Waals surface area (Å²) in [6.45, 7) is 4.30. The van der Waals surface area contributed by atoms with Crippen molar-refractivity contribution in [2.24, 2.45) is 0 Å². The number of aromatic nitrogens is 1. The third-order valence-corrected chi connectivity index (χ3v) is 3.60. The lowest BCUT2D eigenvalue weighted by Crippen LogP contribution is -1.94. The highest BCUT2D eigenvalue weighted by Crippen LogP contribution is 2.32. The molecule has 17 heavy (non-hydrogen) atoms. The van der Waals surface area contributed by atoms with Gasteiger partial charge < -0.3 is 4.74 Å². The molecule has 4 heteroatoms. The van der Waals surface area contributed by atoms with Crippen molar-refractivity contribution in [3.05, 3.63) is 33.6 Å². The van der Waals surface area contributed by atoms with Crippen molar-refractivity contribution >= 4 is 22.9 Å². The van der Waals surface area contributed by atoms with Crippen LogP contribution in [0.15, 0.2) is 23.6 Å². The Hall–Kier alpha value is -1.06. The van der Waals surface area contributed by atoms with E-state index in [0.29, 0.717) is 10.4 Å². The molecular weight excluding hydrogens is 254 g/mol. The van der Waals surface area contributed by atoms with E-state index in [4.69, 9.17) is 16.3 Å². The van der Waals surface area contributed by atoms with Gasteiger partial charge in [0.25, 0.3) is 0 Å². The Morgan fingerprint density at radius 3 is 2.65 bits per heavy atom. The summed E-state index contributed by atoms with van der Waals surface area (Å²) >= 11 is 7.30. The Kier molecular flexibility index (Phi) is 3.69. The maximum atomic E-state index is 5.85. The monoisotopic (exact) mass is 267 g/mol. The van der Waals surface area contributed by atoms with Crippen LogP contribution >= 0.6 is 22.9 Å². The van der Waals surface area contributed by atoms with E-state index < -0.39 is 0 Å². The van der Waals surface area contributed by atoms with Crippen LogP contribution in [0, 0.1) is 0 Å². The number of thiazole rings is 1. The summed E-state index contributed by atoms with van der Waals surface area (Å²) in [5.74, 6) is 1.34. The number of methoxy groups -OCH3 is 1. The molecule has 0 N–H and O–H groups in total. The molecule has 0 saturated heterocycles. The smallest absolute Gasteiger partial charge is 0.184 e. The summed E-state index contributed by atoms with van der Waals surface area (Å²) in [4.78, 5) is 4.28. The molecule has 0 saturated carbocycles. The van der Waals surface area contributed by atoms with E-state index in [9.17, 15) is 0 Å². The second kappa shape index (κ2) is 5.07. The van der Waals surface area contributed by atoms with Gasteiger partial charge in [0.15, 0.2) is 4.47 Å². The van der Waals surface area contributed by atoms with Crippen molar-refractivity contribution in [3.8, 4) is 17.0 Å². The lowest BCUT2D eigenvalue weighted by Gasteiger charge is -2.12. The van der Waals surface area contributed by atoms with Gasteiger partial charge in [0, 0.05) is 10.9 Å². The van der Waals surface area contributed by atoms with Crippen LogP contribution in [0.4, 0.5) is 0 Å². The fourth-order valence-electron chi connectivity index (χ4n) is 1.73. The zero-order valence-corrected chi connectivity index (χ0v) is 11.6. The average Bonchev–Trinajstić information content (AvgIpc) is 2.75. The number of nitrogens with zero attached hydrogens (tertiary/aromatic N) is 1. The van der Waals surface area contributed by atoms with Gasteiger partial charge in [-0.2, -0.15) is 0 Å². The summed E-state index contributed by atoms with van der Waals surface area (Å²) in [7, 11) is 1.70. The van der Waals surface area contributed by atoms with Crippen molar-refractivity contribution in [2.45, 2.75) is 19.8 Å². The third-order valence-electron chi connectivity index (χ3n) is 2.62. The number of ether oxygens (including phenoxy) is 1. The molecule has 1 heterocycles. The van der Waals surface area contributed by atoms with E-state index in [1.54, 1.807) is 7.11 Å². The van der Waals surface area contributed by atoms with Crippen LogP contribution in [0.1, 0.15) is 25.3 Å². The predicted molar refractivity (Wildman–Crippen MR) is 73.2 cm³/mol. The van der Waals surface area contributed by atoms with Crippen molar-refractivity contribution in [1.29, 1.82) is 0 Å². The van der Waals surface area contributed by atoms with Gasteiger partial charge >= 0.3 is 0 Å². The SMILES string of the molecule is COc1ccc(-c2csc(Cl)n2)cc1C(C)C. The fourth-order valence-corrected chi connectivity index (χ4v) is 2.50. The molecule has 0 radical (unpaired) electrons. The summed E-state index contributed by atoms with van der Waals surface area (Å²) in [6, 6.07) is 6.11. The van der Waals surface area contributed by atoms with E-state index in [-0.39, 0.29) is 0 Å². The number of hydrogen-bond acceptors (Lipinski definition) is 3. The van der Waals surface area contributed by atoms with Gasteiger partial charge in [-0.15, -0.1) is 11.3 Å². The zero-order valence-electron chi connectivity index (χ0n) is 10.0. The first-order valence-electron chi connectivity index (χ1n) is 5.41. The molecule has 0 aliphatic heterocycles. The van der Waals surface area contributed by atoms with E-state index in [0.717, 1.165) is 17.0 Å². The molecule has 1 aromatic heterocycles. The molecule has 2 aromatic rings. The van der Waals surface area contributed by atoms with E-state index in [1.165, 1.54) is 16.9 Å². The minimum Gasteiger partial charge on any atom is -0.496 e. The first kappa shape index (κ1) is 12.4. The van der Waals surface area contributed by atoms with Gasteiger partial charge in [-0.3, -0.25) is 0 Å². The van der Waals surface area contributed by atoms with Gasteiger partial charge in [0.1, 0.15) is 5.75 Å². The number of benzene rings is 1. The minimum atomic E-state index is 0.416. The Balaban J connectivity index is 2.47. The van der Waals surface area contributed by atoms with E-state index >= 15 is 0 Å². The Labute approximate surface area is 110 Å². The summed E-state index contributed by atoms with van der Waals surface area (Å²) < 4.78 is 5.93. The molecule has 2 nitrogen and oxygen atoms in total. The normalized spacial score (nSPS) is 10.9. The van der Waals surface area contributed by atoms with Crippen LogP contribution < -0.4 is 4.74 Å². The van der Waals surface area contributed by atoms with Crippen LogP contribution in [0.2, 0.25) is 4.47 Å². The zero-order chi connectivity index (χ0) is 12.4. The molecule has 0 unspecified atom stereocenters. The Bertz CT molecular complexity index is 522. The fraction of sp³-hybridized carbons (Fsp3) is 0.308. The van der Waals surface area contributed by atoms with Gasteiger partial charge in [0.2, 0.25) is 0 Å². The minimum absolute atomic E-state index is 0.416. The van der Waals surface area contributed by atoms with Crippen LogP contribution in [0.3, 0.4) is 0 Å². The van der Waals surface area contributed by atoms with Gasteiger partial charge in [0.05, 0.1) is 12.8 Å². The number of hydrogen-bond donors (Lipinski definition) is 0. The molecular formula is C13H14ClNOS. The van der Waals surface area contributed by atoms with Gasteiger partial charge in [-0.25, -0.2) is 4.98 Å². The highest BCUT2D eigenvalue weighted by Gasteiger charge is 2.10. The molecule has 0 fully saturated rings. The van der Waals surface area contributed by atoms with E-state index in [1.807, 2.05) is 17.5 Å². The van der Waals surface area contributed by atoms with Crippen molar-refractivity contribution in [2.75, 3.05) is 7.11 Å². The topological polar surface area (TPSA) is 22.1 Å². The second-order valence-corrected chi connectivity index (χ2v) is 5.54. The van der Waals surface area contributed by atoms with Crippen LogP contribution in [0.5, 0.6) is 5.75 Å². The molecule has 90 valence electrons. The van der Waals surface area contributed by atoms with Crippen molar-refractivity contribution in [3.63, 3.8) is 0 Å². The first-order chi connectivity index (χ1) is 8.11.